The van der Waals surface area contributed by atoms with Gasteiger partial charge in [-0.2, -0.15) is 0 Å². The highest BCUT2D eigenvalue weighted by Gasteiger charge is 2.25. The summed E-state index contributed by atoms with van der Waals surface area (Å²) in [6.45, 7) is 3.95. The van der Waals surface area contributed by atoms with Gasteiger partial charge >= 0.3 is 0 Å². The van der Waals surface area contributed by atoms with E-state index in [1.165, 1.54) is 0 Å². The average molecular weight is 278 g/mol. The number of carbonyl (C=O) groups excluding carboxylic acids is 1. The first-order chi connectivity index (χ1) is 9.74. The Morgan fingerprint density at radius 3 is 2.55 bits per heavy atom. The number of nitrogens with one attached hydrogen (secondary N) is 1. The molecule has 7 nitrogen and oxygen atoms in total. The summed E-state index contributed by atoms with van der Waals surface area (Å²) in [5.41, 5.74) is 5.79. The number of amides is 1. The molecule has 20 heavy (non-hydrogen) atoms. The summed E-state index contributed by atoms with van der Waals surface area (Å²) < 4.78 is 0. The van der Waals surface area contributed by atoms with Gasteiger partial charge in [0.2, 0.25) is 11.9 Å². The second-order valence-corrected chi connectivity index (χ2v) is 4.84. The number of hydrogen-bond donors (Lipinski definition) is 2. The van der Waals surface area contributed by atoms with Crippen molar-refractivity contribution in [1.29, 1.82) is 0 Å². The van der Waals surface area contributed by atoms with Crippen molar-refractivity contribution < 1.29 is 4.79 Å². The Hall–Kier alpha value is -1.73. The van der Waals surface area contributed by atoms with Crippen LogP contribution in [0.25, 0.3) is 0 Å². The molecule has 0 aromatic carbocycles. The highest BCUT2D eigenvalue weighted by atomic mass is 16.1. The first-order valence-corrected chi connectivity index (χ1v) is 6.91. The second kappa shape index (κ2) is 7.16. The van der Waals surface area contributed by atoms with Crippen LogP contribution >= 0.6 is 0 Å². The molecule has 0 bridgehead atoms. The minimum absolute atomic E-state index is 0.0364. The Morgan fingerprint density at radius 1 is 1.35 bits per heavy atom. The number of piperazine rings is 1. The van der Waals surface area contributed by atoms with Crippen LogP contribution in [0.4, 0.5) is 5.95 Å². The third-order valence-electron chi connectivity index (χ3n) is 3.64. The van der Waals surface area contributed by atoms with E-state index in [0.29, 0.717) is 13.0 Å². The largest absolute Gasteiger partial charge is 0.359 e. The van der Waals surface area contributed by atoms with Gasteiger partial charge in [0.05, 0.1) is 0 Å². The number of nitrogens with zero attached hydrogens (tertiary/aromatic N) is 4. The summed E-state index contributed by atoms with van der Waals surface area (Å²) in [5.74, 6) is 0.803. The van der Waals surface area contributed by atoms with E-state index < -0.39 is 0 Å². The zero-order valence-corrected chi connectivity index (χ0v) is 11.8. The molecule has 3 N–H and O–H groups in total. The van der Waals surface area contributed by atoms with Gasteiger partial charge in [-0.05, 0) is 6.07 Å². The molecule has 1 aromatic heterocycles. The van der Waals surface area contributed by atoms with Crippen LogP contribution in [0.5, 0.6) is 0 Å². The van der Waals surface area contributed by atoms with Gasteiger partial charge < -0.3 is 16.0 Å². The van der Waals surface area contributed by atoms with E-state index in [-0.39, 0.29) is 11.9 Å². The van der Waals surface area contributed by atoms with Crippen LogP contribution < -0.4 is 16.0 Å². The SMILES string of the molecule is CNC(=O)CC(CN)N1CCN(c2ncccn2)CC1. The molecule has 110 valence electrons. The lowest BCUT2D eigenvalue weighted by Crippen LogP contribution is -2.53. The molecule has 1 aromatic rings. The molecule has 1 unspecified atom stereocenters. The van der Waals surface area contributed by atoms with Gasteiger partial charge in [0.25, 0.3) is 0 Å². The fourth-order valence-electron chi connectivity index (χ4n) is 2.42. The molecule has 1 aliphatic rings. The molecule has 0 aliphatic carbocycles. The molecule has 1 atom stereocenters. The van der Waals surface area contributed by atoms with E-state index in [4.69, 9.17) is 5.73 Å². The maximum Gasteiger partial charge on any atom is 0.225 e. The van der Waals surface area contributed by atoms with Crippen molar-refractivity contribution in [3.8, 4) is 0 Å². The molecule has 1 fully saturated rings. The van der Waals surface area contributed by atoms with Gasteiger partial charge in [-0.3, -0.25) is 9.69 Å². The normalized spacial score (nSPS) is 17.8. The van der Waals surface area contributed by atoms with Crippen molar-refractivity contribution >= 4 is 11.9 Å². The number of anilines is 1. The summed E-state index contributed by atoms with van der Waals surface area (Å²) in [7, 11) is 1.65. The van der Waals surface area contributed by atoms with E-state index >= 15 is 0 Å². The standard InChI is InChI=1S/C13H22N6O/c1-15-12(20)9-11(10-14)18-5-7-19(8-6-18)13-16-3-2-4-17-13/h2-4,11H,5-10,14H2,1H3,(H,15,20). The molecule has 1 aliphatic heterocycles. The predicted octanol–water partition coefficient (Wildman–Crippen LogP) is -0.938. The van der Waals surface area contributed by atoms with Gasteiger partial charge in [0, 0.05) is 64.6 Å². The van der Waals surface area contributed by atoms with Crippen LogP contribution in [0.2, 0.25) is 0 Å². The Labute approximate surface area is 119 Å². The minimum atomic E-state index is 0.0364. The first kappa shape index (κ1) is 14.7. The van der Waals surface area contributed by atoms with Crippen molar-refractivity contribution in [2.45, 2.75) is 12.5 Å². The molecule has 0 spiro atoms. The van der Waals surface area contributed by atoms with Crippen molar-refractivity contribution in [2.24, 2.45) is 5.73 Å². The predicted molar refractivity (Wildman–Crippen MR) is 77.3 cm³/mol. The smallest absolute Gasteiger partial charge is 0.225 e. The maximum absolute atomic E-state index is 11.5. The lowest BCUT2D eigenvalue weighted by molar-refractivity contribution is -0.121. The van der Waals surface area contributed by atoms with Crippen molar-refractivity contribution in [2.75, 3.05) is 44.7 Å². The molecule has 0 saturated carbocycles. The van der Waals surface area contributed by atoms with Crippen molar-refractivity contribution in [3.05, 3.63) is 18.5 Å². The van der Waals surface area contributed by atoms with Crippen LogP contribution in [0.15, 0.2) is 18.5 Å². The molecule has 7 heteroatoms. The third-order valence-corrected chi connectivity index (χ3v) is 3.64. The van der Waals surface area contributed by atoms with E-state index in [1.54, 1.807) is 19.4 Å². The molecule has 2 heterocycles. The van der Waals surface area contributed by atoms with Gasteiger partial charge in [-0.1, -0.05) is 0 Å². The summed E-state index contributed by atoms with van der Waals surface area (Å²) in [5, 5.41) is 2.65. The highest BCUT2D eigenvalue weighted by Crippen LogP contribution is 2.12. The summed E-state index contributed by atoms with van der Waals surface area (Å²) in [6.07, 6.45) is 3.96. The number of hydrogen-bond acceptors (Lipinski definition) is 6. The number of aromatic nitrogens is 2. The number of nitrogens with two attached hydrogens (primary N) is 1. The van der Waals surface area contributed by atoms with E-state index in [9.17, 15) is 4.79 Å². The second-order valence-electron chi connectivity index (χ2n) is 4.84. The molecular formula is C13H22N6O. The average Bonchev–Trinajstić information content (AvgIpc) is 2.53. The summed E-state index contributed by atoms with van der Waals surface area (Å²) >= 11 is 0. The van der Waals surface area contributed by atoms with Gasteiger partial charge in [0.1, 0.15) is 0 Å². The summed E-state index contributed by atoms with van der Waals surface area (Å²) in [4.78, 5) is 24.4. The van der Waals surface area contributed by atoms with E-state index in [0.717, 1.165) is 32.1 Å². The molecule has 1 amide bonds. The Kier molecular flexibility index (Phi) is 5.25. The molecule has 1 saturated heterocycles. The lowest BCUT2D eigenvalue weighted by atomic mass is 10.1. The monoisotopic (exact) mass is 278 g/mol. The fourth-order valence-corrected chi connectivity index (χ4v) is 2.42. The first-order valence-electron chi connectivity index (χ1n) is 6.91. The Morgan fingerprint density at radius 2 is 2.00 bits per heavy atom. The Bertz CT molecular complexity index is 418. The van der Waals surface area contributed by atoms with Crippen LogP contribution in [-0.4, -0.2) is 66.6 Å². The maximum atomic E-state index is 11.5. The van der Waals surface area contributed by atoms with Crippen molar-refractivity contribution in [3.63, 3.8) is 0 Å². The van der Waals surface area contributed by atoms with Gasteiger partial charge in [0.15, 0.2) is 0 Å². The van der Waals surface area contributed by atoms with Crippen LogP contribution in [-0.2, 0) is 4.79 Å². The van der Waals surface area contributed by atoms with Crippen molar-refractivity contribution in [1.82, 2.24) is 20.2 Å². The van der Waals surface area contributed by atoms with Crippen LogP contribution in [0.3, 0.4) is 0 Å². The zero-order chi connectivity index (χ0) is 14.4. The van der Waals surface area contributed by atoms with Gasteiger partial charge in [-0.25, -0.2) is 9.97 Å². The summed E-state index contributed by atoms with van der Waals surface area (Å²) in [6, 6.07) is 1.92. The van der Waals surface area contributed by atoms with Crippen LogP contribution in [0.1, 0.15) is 6.42 Å². The van der Waals surface area contributed by atoms with E-state index in [1.807, 2.05) is 6.07 Å². The fraction of sp³-hybridized carbons (Fsp3) is 0.615. The quantitative estimate of drug-likeness (QED) is 0.723. The third kappa shape index (κ3) is 3.64. The minimum Gasteiger partial charge on any atom is -0.359 e. The Balaban J connectivity index is 1.88. The highest BCUT2D eigenvalue weighted by molar-refractivity contribution is 5.76. The molecule has 2 rings (SSSR count). The lowest BCUT2D eigenvalue weighted by Gasteiger charge is -2.38. The van der Waals surface area contributed by atoms with E-state index in [2.05, 4.69) is 25.1 Å². The topological polar surface area (TPSA) is 87.4 Å². The molecule has 0 radical (unpaired) electrons. The molecular weight excluding hydrogens is 256 g/mol. The van der Waals surface area contributed by atoms with Gasteiger partial charge in [-0.15, -0.1) is 0 Å². The van der Waals surface area contributed by atoms with Crippen LogP contribution in [0, 0.1) is 0 Å². The number of rotatable bonds is 5. The number of carbonyl (C=O) groups is 1. The zero-order valence-electron chi connectivity index (χ0n) is 11.8.